The van der Waals surface area contributed by atoms with Crippen LogP contribution in [0, 0.1) is 23.3 Å². The number of halogens is 4. The van der Waals surface area contributed by atoms with Crippen LogP contribution in [-0.4, -0.2) is 52.4 Å². The van der Waals surface area contributed by atoms with E-state index in [0.29, 0.717) is 19.2 Å². The van der Waals surface area contributed by atoms with Gasteiger partial charge in [-0.05, 0) is 65.1 Å². The van der Waals surface area contributed by atoms with E-state index in [1.54, 1.807) is 6.07 Å². The number of pyridine rings is 1. The van der Waals surface area contributed by atoms with E-state index in [4.69, 9.17) is 0 Å². The third kappa shape index (κ3) is 7.52. The number of aliphatic hydroxyl groups is 1. The van der Waals surface area contributed by atoms with Gasteiger partial charge in [0.1, 0.15) is 11.6 Å². The van der Waals surface area contributed by atoms with Gasteiger partial charge in [0.15, 0.2) is 17.5 Å². The summed E-state index contributed by atoms with van der Waals surface area (Å²) in [7, 11) is 0. The first-order valence-electron chi connectivity index (χ1n) is 15.8. The van der Waals surface area contributed by atoms with Crippen LogP contribution in [0.25, 0.3) is 16.9 Å². The highest BCUT2D eigenvalue weighted by atomic mass is 19.2. The summed E-state index contributed by atoms with van der Waals surface area (Å²) in [4.78, 5) is 43.1. The second-order valence-corrected chi connectivity index (χ2v) is 11.9. The molecule has 50 heavy (non-hydrogen) atoms. The molecule has 1 amide bonds. The smallest absolute Gasteiger partial charge is 0.294 e. The van der Waals surface area contributed by atoms with Gasteiger partial charge in [-0.15, -0.1) is 0 Å². The first kappa shape index (κ1) is 33.9. The molecule has 4 aromatic carbocycles. The maximum absolute atomic E-state index is 14.5. The number of anilines is 1. The molecule has 2 heterocycles. The van der Waals surface area contributed by atoms with Crippen molar-refractivity contribution in [2.24, 2.45) is 0 Å². The lowest BCUT2D eigenvalue weighted by atomic mass is 10.0. The molecule has 1 aliphatic rings. The van der Waals surface area contributed by atoms with Gasteiger partial charge in [0.2, 0.25) is 5.78 Å². The fourth-order valence-electron chi connectivity index (χ4n) is 5.93. The first-order chi connectivity index (χ1) is 24.1. The number of amides is 1. The van der Waals surface area contributed by atoms with E-state index in [9.17, 15) is 37.1 Å². The summed E-state index contributed by atoms with van der Waals surface area (Å²) in [5, 5.41) is 11.0. The second-order valence-electron chi connectivity index (χ2n) is 11.9. The lowest BCUT2D eigenvalue weighted by Gasteiger charge is -2.35. The average Bonchev–Trinajstić information content (AvgIpc) is 3.13. The average molecular weight is 682 g/mol. The number of ketones is 1. The maximum Gasteiger partial charge on any atom is 0.294 e. The van der Waals surface area contributed by atoms with E-state index in [1.165, 1.54) is 35.4 Å². The van der Waals surface area contributed by atoms with Crippen LogP contribution in [0.3, 0.4) is 0 Å². The second kappa shape index (κ2) is 14.7. The topological polar surface area (TPSA) is 82.8 Å². The van der Waals surface area contributed by atoms with E-state index in [2.05, 4.69) is 4.90 Å². The summed E-state index contributed by atoms with van der Waals surface area (Å²) in [5.41, 5.74) is 2.32. The Bertz CT molecular complexity index is 2120. The fraction of sp³-hybridized carbons (Fsp3) is 0.154. The number of piperazine rings is 1. The van der Waals surface area contributed by atoms with Crippen molar-refractivity contribution in [1.29, 1.82) is 0 Å². The monoisotopic (exact) mass is 681 g/mol. The molecule has 1 aromatic heterocycles. The van der Waals surface area contributed by atoms with Crippen LogP contribution in [0.1, 0.15) is 22.3 Å². The summed E-state index contributed by atoms with van der Waals surface area (Å²) in [6.07, 6.45) is 1.76. The molecule has 6 rings (SSSR count). The van der Waals surface area contributed by atoms with E-state index in [1.807, 2.05) is 54.6 Å². The van der Waals surface area contributed by atoms with Crippen LogP contribution in [0.5, 0.6) is 0 Å². The van der Waals surface area contributed by atoms with Crippen molar-refractivity contribution < 1.29 is 32.3 Å². The Morgan fingerprint density at radius 1 is 0.720 bits per heavy atom. The summed E-state index contributed by atoms with van der Waals surface area (Å²) in [6, 6.07) is 26.5. The number of aliphatic hydroxyl groups excluding tert-OH is 1. The van der Waals surface area contributed by atoms with Crippen molar-refractivity contribution in [1.82, 2.24) is 9.47 Å². The van der Waals surface area contributed by atoms with Crippen LogP contribution < -0.4 is 10.5 Å². The highest BCUT2D eigenvalue weighted by molar-refractivity contribution is 6.41. The third-order valence-corrected chi connectivity index (χ3v) is 8.55. The highest BCUT2D eigenvalue weighted by Gasteiger charge is 2.26. The predicted molar refractivity (Wildman–Crippen MR) is 182 cm³/mol. The number of hydrogen-bond donors (Lipinski definition) is 1. The van der Waals surface area contributed by atoms with Gasteiger partial charge < -0.3 is 19.5 Å². The van der Waals surface area contributed by atoms with Crippen molar-refractivity contribution in [3.63, 3.8) is 0 Å². The fourth-order valence-corrected chi connectivity index (χ4v) is 5.93. The molecule has 11 heteroatoms. The van der Waals surface area contributed by atoms with Gasteiger partial charge in [-0.25, -0.2) is 17.6 Å². The van der Waals surface area contributed by atoms with E-state index in [0.717, 1.165) is 33.5 Å². The predicted octanol–water partition coefficient (Wildman–Crippen LogP) is 6.53. The number of carbonyl (C=O) groups is 2. The zero-order valence-corrected chi connectivity index (χ0v) is 26.7. The normalized spacial score (nSPS) is 13.4. The minimum absolute atomic E-state index is 0.0180. The number of benzene rings is 4. The number of rotatable bonds is 9. The lowest BCUT2D eigenvalue weighted by molar-refractivity contribution is -0.142. The quantitative estimate of drug-likeness (QED) is 0.0630. The highest BCUT2D eigenvalue weighted by Crippen LogP contribution is 2.24. The number of aromatic nitrogens is 1. The van der Waals surface area contributed by atoms with E-state index >= 15 is 0 Å². The molecule has 254 valence electrons. The molecule has 0 aliphatic carbocycles. The first-order valence-corrected chi connectivity index (χ1v) is 15.8. The van der Waals surface area contributed by atoms with Gasteiger partial charge in [0.25, 0.3) is 11.5 Å². The van der Waals surface area contributed by atoms with E-state index < -0.39 is 51.8 Å². The van der Waals surface area contributed by atoms with Crippen molar-refractivity contribution in [3.05, 3.63) is 165 Å². The number of hydrogen-bond acceptors (Lipinski definition) is 5. The van der Waals surface area contributed by atoms with Gasteiger partial charge >= 0.3 is 0 Å². The maximum atomic E-state index is 14.5. The Balaban J connectivity index is 1.19. The summed E-state index contributed by atoms with van der Waals surface area (Å²) in [6.45, 7) is 1.14. The minimum atomic E-state index is -1.64. The Labute approximate surface area is 285 Å². The van der Waals surface area contributed by atoms with Crippen molar-refractivity contribution in [2.45, 2.75) is 13.0 Å². The van der Waals surface area contributed by atoms with Gasteiger partial charge in [-0.2, -0.15) is 0 Å². The molecule has 0 unspecified atom stereocenters. The molecule has 0 atom stereocenters. The van der Waals surface area contributed by atoms with Crippen molar-refractivity contribution in [3.8, 4) is 11.1 Å². The largest absolute Gasteiger partial charge is 0.507 e. The third-order valence-electron chi connectivity index (χ3n) is 8.55. The zero-order chi connectivity index (χ0) is 35.4. The molecule has 5 aromatic rings. The molecule has 0 spiro atoms. The Morgan fingerprint density at radius 3 is 2.00 bits per heavy atom. The van der Waals surface area contributed by atoms with Gasteiger partial charge in [0.05, 0.1) is 12.1 Å². The van der Waals surface area contributed by atoms with Gasteiger partial charge in [0, 0.05) is 49.7 Å². The number of carbonyl (C=O) groups excluding carboxylic acids is 2. The van der Waals surface area contributed by atoms with Crippen molar-refractivity contribution >= 4 is 23.1 Å². The van der Waals surface area contributed by atoms with Crippen molar-refractivity contribution in [2.75, 3.05) is 31.1 Å². The summed E-state index contributed by atoms with van der Waals surface area (Å²) >= 11 is 0. The number of nitrogens with zero attached hydrogens (tertiary/aromatic N) is 3. The molecule has 0 radical (unpaired) electrons. The summed E-state index contributed by atoms with van der Waals surface area (Å²) in [5.74, 6) is -7.79. The summed E-state index contributed by atoms with van der Waals surface area (Å²) < 4.78 is 57.0. The zero-order valence-electron chi connectivity index (χ0n) is 26.7. The van der Waals surface area contributed by atoms with E-state index in [-0.39, 0.29) is 42.7 Å². The SMILES string of the molecule is O=C(C=C(O)c1cc(Cc2cc(F)c(F)c(F)c2)cn(Cc2ccccc2F)c1=O)C(=O)N1CCN(c2ccc(-c3ccccc3)cc2)CC1. The standard InChI is InChI=1S/C39H31F4N3O4/c40-32-9-5-4-8-29(32)24-46-23-26(18-25-20-33(41)37(43)34(42)21-25)19-31(38(46)49)35(47)22-36(48)39(50)45-16-14-44(15-17-45)30-12-10-28(11-13-30)27-6-2-1-3-7-27/h1-13,19-23,47H,14-18,24H2. The molecular formula is C39H31F4N3O4. The van der Waals surface area contributed by atoms with Crippen LogP contribution in [0.15, 0.2) is 114 Å². The molecule has 1 aliphatic heterocycles. The Kier molecular flexibility index (Phi) is 9.94. The molecule has 7 nitrogen and oxygen atoms in total. The minimum Gasteiger partial charge on any atom is -0.507 e. The van der Waals surface area contributed by atoms with Gasteiger partial charge in [-0.1, -0.05) is 60.7 Å². The van der Waals surface area contributed by atoms with Crippen LogP contribution in [-0.2, 0) is 22.6 Å². The van der Waals surface area contributed by atoms with Crippen LogP contribution >= 0.6 is 0 Å². The lowest BCUT2D eigenvalue weighted by Crippen LogP contribution is -2.50. The molecule has 0 saturated carbocycles. The van der Waals surface area contributed by atoms with Gasteiger partial charge in [-0.3, -0.25) is 14.4 Å². The molecule has 0 bridgehead atoms. The molecule has 1 N–H and O–H groups in total. The molecule has 1 fully saturated rings. The Morgan fingerprint density at radius 2 is 1.34 bits per heavy atom. The van der Waals surface area contributed by atoms with Crippen LogP contribution in [0.2, 0.25) is 0 Å². The van der Waals surface area contributed by atoms with Crippen LogP contribution in [0.4, 0.5) is 23.2 Å². The molecular weight excluding hydrogens is 650 g/mol. The Hall–Kier alpha value is -5.97. The molecule has 1 saturated heterocycles.